The van der Waals surface area contributed by atoms with Crippen molar-refractivity contribution in [3.8, 4) is 0 Å². The van der Waals surface area contributed by atoms with Gasteiger partial charge in [0.25, 0.3) is 0 Å². The van der Waals surface area contributed by atoms with Gasteiger partial charge >= 0.3 is 0 Å². The number of hydrogen-bond acceptors (Lipinski definition) is 6. The second-order valence-corrected chi connectivity index (χ2v) is 4.54. The van der Waals surface area contributed by atoms with E-state index in [2.05, 4.69) is 26.7 Å². The van der Waals surface area contributed by atoms with Gasteiger partial charge in [-0.1, -0.05) is 9.59 Å². The minimum absolute atomic E-state index is 0.396. The number of hydrogen-bond donors (Lipinski definition) is 1. The van der Waals surface area contributed by atoms with E-state index in [0.29, 0.717) is 12.1 Å². The lowest BCUT2D eigenvalue weighted by Crippen LogP contribution is -2.38. The molecule has 0 radical (unpaired) electrons. The van der Waals surface area contributed by atoms with Crippen molar-refractivity contribution in [1.82, 2.24) is 14.8 Å². The van der Waals surface area contributed by atoms with Crippen LogP contribution in [0, 0.1) is 0 Å². The zero-order valence-corrected chi connectivity index (χ0v) is 9.07. The molecule has 1 aliphatic rings. The first-order chi connectivity index (χ1) is 6.77. The van der Waals surface area contributed by atoms with E-state index in [1.807, 2.05) is 0 Å². The van der Waals surface area contributed by atoms with E-state index in [1.54, 1.807) is 0 Å². The fraction of sp³-hybridized carbons (Fsp3) is 0.875. The monoisotopic (exact) mass is 213 g/mol. The number of anilines is 1. The Morgan fingerprint density at radius 2 is 2.07 bits per heavy atom. The SMILES string of the molecule is CN(c1nnns1)C1CCC(N)CC1. The lowest BCUT2D eigenvalue weighted by molar-refractivity contribution is 0.384. The molecule has 78 valence electrons. The van der Waals surface area contributed by atoms with Crippen LogP contribution < -0.4 is 10.6 Å². The zero-order valence-electron chi connectivity index (χ0n) is 8.26. The maximum absolute atomic E-state index is 5.86. The van der Waals surface area contributed by atoms with Crippen molar-refractivity contribution >= 4 is 16.7 Å². The first-order valence-electron chi connectivity index (χ1n) is 4.91. The normalized spacial score (nSPS) is 27.6. The van der Waals surface area contributed by atoms with Gasteiger partial charge in [0, 0.05) is 30.7 Å². The Hall–Kier alpha value is -0.750. The highest BCUT2D eigenvalue weighted by atomic mass is 32.1. The molecule has 0 atom stereocenters. The lowest BCUT2D eigenvalue weighted by Gasteiger charge is -2.32. The van der Waals surface area contributed by atoms with Crippen LogP contribution in [0.3, 0.4) is 0 Å². The highest BCUT2D eigenvalue weighted by Crippen LogP contribution is 2.25. The van der Waals surface area contributed by atoms with E-state index in [-0.39, 0.29) is 0 Å². The Bertz CT molecular complexity index is 267. The summed E-state index contributed by atoms with van der Waals surface area (Å²) in [5, 5.41) is 8.48. The third kappa shape index (κ3) is 2.01. The maximum atomic E-state index is 5.86. The first-order valence-corrected chi connectivity index (χ1v) is 5.68. The summed E-state index contributed by atoms with van der Waals surface area (Å²) in [6.07, 6.45) is 4.52. The van der Waals surface area contributed by atoms with Gasteiger partial charge in [0.15, 0.2) is 0 Å². The zero-order chi connectivity index (χ0) is 9.97. The smallest absolute Gasteiger partial charge is 0.227 e. The van der Waals surface area contributed by atoms with Gasteiger partial charge in [0.2, 0.25) is 5.13 Å². The van der Waals surface area contributed by atoms with Crippen molar-refractivity contribution in [3.05, 3.63) is 0 Å². The third-order valence-corrected chi connectivity index (χ3v) is 3.57. The molecule has 0 aromatic carbocycles. The van der Waals surface area contributed by atoms with Gasteiger partial charge in [-0.2, -0.15) is 0 Å². The summed E-state index contributed by atoms with van der Waals surface area (Å²) >= 11 is 1.35. The van der Waals surface area contributed by atoms with Crippen LogP contribution in [-0.2, 0) is 0 Å². The van der Waals surface area contributed by atoms with Gasteiger partial charge < -0.3 is 10.6 Å². The van der Waals surface area contributed by atoms with Crippen LogP contribution >= 0.6 is 11.5 Å². The summed E-state index contributed by atoms with van der Waals surface area (Å²) in [5.41, 5.74) is 5.86. The fourth-order valence-electron chi connectivity index (χ4n) is 1.91. The molecular formula is C8H15N5S. The van der Waals surface area contributed by atoms with Crippen molar-refractivity contribution in [1.29, 1.82) is 0 Å². The Kier molecular flexibility index (Phi) is 2.93. The Morgan fingerprint density at radius 1 is 1.36 bits per heavy atom. The summed E-state index contributed by atoms with van der Waals surface area (Å²) in [6, 6.07) is 0.955. The first kappa shape index (κ1) is 9.79. The molecule has 2 rings (SSSR count). The summed E-state index contributed by atoms with van der Waals surface area (Å²) in [5.74, 6) is 0. The molecule has 0 amide bonds. The van der Waals surface area contributed by atoms with Crippen LogP contribution in [0.4, 0.5) is 5.13 Å². The number of aromatic nitrogens is 3. The summed E-state index contributed by atoms with van der Waals surface area (Å²) < 4.78 is 3.77. The number of rotatable bonds is 2. The van der Waals surface area contributed by atoms with E-state index in [1.165, 1.54) is 11.5 Å². The summed E-state index contributed by atoms with van der Waals surface area (Å²) in [4.78, 5) is 2.18. The van der Waals surface area contributed by atoms with Crippen molar-refractivity contribution in [2.75, 3.05) is 11.9 Å². The number of nitrogens with zero attached hydrogens (tertiary/aromatic N) is 4. The van der Waals surface area contributed by atoms with E-state index in [0.717, 1.165) is 30.8 Å². The molecule has 0 bridgehead atoms. The van der Waals surface area contributed by atoms with Gasteiger partial charge in [-0.05, 0) is 30.9 Å². The predicted octanol–water partition coefficient (Wildman–Crippen LogP) is 0.639. The van der Waals surface area contributed by atoms with E-state index in [4.69, 9.17) is 5.73 Å². The van der Waals surface area contributed by atoms with Crippen molar-refractivity contribution in [3.63, 3.8) is 0 Å². The molecule has 0 unspecified atom stereocenters. The fourth-order valence-corrected chi connectivity index (χ4v) is 2.41. The quantitative estimate of drug-likeness (QED) is 0.780. The van der Waals surface area contributed by atoms with E-state index >= 15 is 0 Å². The van der Waals surface area contributed by atoms with Gasteiger partial charge in [0.05, 0.1) is 0 Å². The Morgan fingerprint density at radius 3 is 2.64 bits per heavy atom. The van der Waals surface area contributed by atoms with Gasteiger partial charge in [-0.3, -0.25) is 0 Å². The lowest BCUT2D eigenvalue weighted by atomic mass is 9.91. The maximum Gasteiger partial charge on any atom is 0.227 e. The second kappa shape index (κ2) is 4.18. The predicted molar refractivity (Wildman–Crippen MR) is 56.3 cm³/mol. The minimum atomic E-state index is 0.396. The average Bonchev–Trinajstić information content (AvgIpc) is 2.71. The van der Waals surface area contributed by atoms with E-state index in [9.17, 15) is 0 Å². The molecule has 5 nitrogen and oxygen atoms in total. The second-order valence-electron chi connectivity index (χ2n) is 3.82. The minimum Gasteiger partial charge on any atom is -0.346 e. The highest BCUT2D eigenvalue weighted by molar-refractivity contribution is 7.09. The largest absolute Gasteiger partial charge is 0.346 e. The summed E-state index contributed by atoms with van der Waals surface area (Å²) in [6.45, 7) is 0. The van der Waals surface area contributed by atoms with Crippen LogP contribution in [0.25, 0.3) is 0 Å². The summed E-state index contributed by atoms with van der Waals surface area (Å²) in [7, 11) is 2.06. The van der Waals surface area contributed by atoms with Crippen LogP contribution in [0.1, 0.15) is 25.7 Å². The van der Waals surface area contributed by atoms with Crippen molar-refractivity contribution < 1.29 is 0 Å². The van der Waals surface area contributed by atoms with Gasteiger partial charge in [-0.25, -0.2) is 0 Å². The van der Waals surface area contributed by atoms with Crippen molar-refractivity contribution in [2.45, 2.75) is 37.8 Å². The Balaban J connectivity index is 1.95. The molecule has 0 spiro atoms. The van der Waals surface area contributed by atoms with Crippen LogP contribution in [0.15, 0.2) is 0 Å². The van der Waals surface area contributed by atoms with Crippen LogP contribution in [0.5, 0.6) is 0 Å². The average molecular weight is 213 g/mol. The molecule has 2 N–H and O–H groups in total. The van der Waals surface area contributed by atoms with Crippen molar-refractivity contribution in [2.24, 2.45) is 5.73 Å². The molecule has 1 aliphatic carbocycles. The Labute approximate surface area is 87.5 Å². The molecule has 1 aromatic rings. The van der Waals surface area contributed by atoms with Gasteiger partial charge in [0.1, 0.15) is 0 Å². The van der Waals surface area contributed by atoms with Gasteiger partial charge in [-0.15, -0.1) is 0 Å². The molecule has 1 saturated carbocycles. The van der Waals surface area contributed by atoms with E-state index < -0.39 is 0 Å². The molecule has 0 aliphatic heterocycles. The number of nitrogens with two attached hydrogens (primary N) is 1. The standard InChI is InChI=1S/C8H15N5S/c1-13(8-10-11-12-14-8)7-4-2-6(9)3-5-7/h6-7H,2-5,9H2,1H3. The molecule has 0 saturated heterocycles. The molecule has 6 heteroatoms. The van der Waals surface area contributed by atoms with Crippen LogP contribution in [-0.4, -0.2) is 33.9 Å². The highest BCUT2D eigenvalue weighted by Gasteiger charge is 2.23. The third-order valence-electron chi connectivity index (χ3n) is 2.88. The molecular weight excluding hydrogens is 198 g/mol. The van der Waals surface area contributed by atoms with Crippen LogP contribution in [0.2, 0.25) is 0 Å². The molecule has 1 heterocycles. The molecule has 1 aromatic heterocycles. The molecule has 14 heavy (non-hydrogen) atoms. The topological polar surface area (TPSA) is 67.9 Å². The molecule has 1 fully saturated rings.